The van der Waals surface area contributed by atoms with Gasteiger partial charge in [0.1, 0.15) is 24.7 Å². The highest BCUT2D eigenvalue weighted by molar-refractivity contribution is 7.89. The third-order valence-electron chi connectivity index (χ3n) is 3.48. The first kappa shape index (κ1) is 18.7. The number of hydrogen-bond acceptors (Lipinski definition) is 7. The maximum absolute atomic E-state index is 12.0. The molecule has 27 heavy (non-hydrogen) atoms. The number of furan rings is 1. The van der Waals surface area contributed by atoms with E-state index in [1.807, 2.05) is 0 Å². The van der Waals surface area contributed by atoms with Crippen LogP contribution in [0.3, 0.4) is 0 Å². The monoisotopic (exact) mass is 391 g/mol. The van der Waals surface area contributed by atoms with Crippen molar-refractivity contribution >= 4 is 16.0 Å². The predicted octanol–water partition coefficient (Wildman–Crippen LogP) is 1.41. The fraction of sp³-hybridized carbons (Fsp3) is 0.176. The number of hydrogen-bond donors (Lipinski definition) is 1. The molecule has 0 spiro atoms. The van der Waals surface area contributed by atoms with Crippen LogP contribution in [0.1, 0.15) is 16.3 Å². The molecule has 2 heterocycles. The molecule has 0 aliphatic rings. The Kier molecular flexibility index (Phi) is 5.57. The van der Waals surface area contributed by atoms with Gasteiger partial charge in [-0.25, -0.2) is 18.4 Å². The molecule has 1 aromatic carbocycles. The topological polar surface area (TPSA) is 127 Å². The average molecular weight is 391 g/mol. The maximum atomic E-state index is 12.0. The average Bonchev–Trinajstić information content (AvgIpc) is 3.31. The molecule has 0 amide bonds. The van der Waals surface area contributed by atoms with Crippen molar-refractivity contribution in [2.24, 2.45) is 5.14 Å². The summed E-state index contributed by atoms with van der Waals surface area (Å²) in [6, 6.07) is 10.6. The highest BCUT2D eigenvalue weighted by Crippen LogP contribution is 2.15. The molecule has 0 aliphatic carbocycles. The Morgan fingerprint density at radius 3 is 2.59 bits per heavy atom. The largest absolute Gasteiger partial charge is 0.490 e. The molecule has 0 saturated heterocycles. The summed E-state index contributed by atoms with van der Waals surface area (Å²) < 4.78 is 39.9. The first-order valence-electron chi connectivity index (χ1n) is 7.91. The number of carbonyl (C=O) groups is 1. The zero-order valence-electron chi connectivity index (χ0n) is 14.1. The minimum atomic E-state index is -3.74. The summed E-state index contributed by atoms with van der Waals surface area (Å²) in [6.45, 7) is 0.518. The lowest BCUT2D eigenvalue weighted by atomic mass is 10.3. The Hall–Kier alpha value is -3.11. The van der Waals surface area contributed by atoms with Crippen LogP contribution in [0.15, 0.2) is 64.2 Å². The van der Waals surface area contributed by atoms with E-state index in [2.05, 4.69) is 5.10 Å². The fourth-order valence-electron chi connectivity index (χ4n) is 2.22. The van der Waals surface area contributed by atoms with E-state index in [1.165, 1.54) is 30.3 Å². The molecular formula is C17H17N3O6S. The first-order chi connectivity index (χ1) is 12.9. The highest BCUT2D eigenvalue weighted by Gasteiger charge is 2.13. The van der Waals surface area contributed by atoms with Crippen molar-refractivity contribution in [2.75, 3.05) is 13.2 Å². The second-order valence-corrected chi connectivity index (χ2v) is 7.03. The Balaban J connectivity index is 1.44. The molecule has 0 atom stereocenters. The summed E-state index contributed by atoms with van der Waals surface area (Å²) in [6.07, 6.45) is 3.44. The third kappa shape index (κ3) is 5.19. The van der Waals surface area contributed by atoms with Crippen molar-refractivity contribution < 1.29 is 27.1 Å². The first-order valence-corrected chi connectivity index (χ1v) is 9.45. The second-order valence-electron chi connectivity index (χ2n) is 5.47. The van der Waals surface area contributed by atoms with Gasteiger partial charge in [0.15, 0.2) is 0 Å². The standard InChI is InChI=1S/C17H17N3O6S/c18-27(22,23)15-5-2-13(3-6-15)24-10-11-25-17(21)16-7-4-14(26-16)12-20-9-1-8-19-20/h1-9H,10-12H2,(H2,18,22,23). The van der Waals surface area contributed by atoms with Gasteiger partial charge in [-0.2, -0.15) is 5.10 Å². The lowest BCUT2D eigenvalue weighted by Crippen LogP contribution is -2.13. The number of ether oxygens (including phenoxy) is 2. The Morgan fingerprint density at radius 1 is 1.15 bits per heavy atom. The second kappa shape index (κ2) is 8.06. The molecule has 0 aliphatic heterocycles. The number of benzene rings is 1. The van der Waals surface area contributed by atoms with Crippen molar-refractivity contribution in [1.82, 2.24) is 9.78 Å². The molecule has 2 aromatic heterocycles. The van der Waals surface area contributed by atoms with E-state index >= 15 is 0 Å². The van der Waals surface area contributed by atoms with Gasteiger partial charge in [-0.05, 0) is 42.5 Å². The molecule has 0 unspecified atom stereocenters. The molecule has 0 fully saturated rings. The molecule has 0 saturated carbocycles. The summed E-state index contributed by atoms with van der Waals surface area (Å²) >= 11 is 0. The molecule has 10 heteroatoms. The van der Waals surface area contributed by atoms with Crippen LogP contribution in [0, 0.1) is 0 Å². The SMILES string of the molecule is NS(=O)(=O)c1ccc(OCCOC(=O)c2ccc(Cn3cccn3)o2)cc1. The van der Waals surface area contributed by atoms with Crippen molar-refractivity contribution in [3.63, 3.8) is 0 Å². The van der Waals surface area contributed by atoms with Gasteiger partial charge in [-0.15, -0.1) is 0 Å². The number of esters is 1. The van der Waals surface area contributed by atoms with E-state index in [0.717, 1.165) is 0 Å². The zero-order valence-corrected chi connectivity index (χ0v) is 15.0. The van der Waals surface area contributed by atoms with E-state index in [-0.39, 0.29) is 23.9 Å². The Morgan fingerprint density at radius 2 is 1.93 bits per heavy atom. The van der Waals surface area contributed by atoms with Crippen LogP contribution in [-0.2, 0) is 21.3 Å². The predicted molar refractivity (Wildman–Crippen MR) is 93.6 cm³/mol. The van der Waals surface area contributed by atoms with Crippen molar-refractivity contribution in [1.29, 1.82) is 0 Å². The van der Waals surface area contributed by atoms with E-state index in [9.17, 15) is 13.2 Å². The van der Waals surface area contributed by atoms with Gasteiger partial charge in [0, 0.05) is 12.4 Å². The van der Waals surface area contributed by atoms with E-state index < -0.39 is 16.0 Å². The summed E-state index contributed by atoms with van der Waals surface area (Å²) in [5.41, 5.74) is 0. The molecule has 9 nitrogen and oxygen atoms in total. The van der Waals surface area contributed by atoms with Crippen LogP contribution >= 0.6 is 0 Å². The number of aromatic nitrogens is 2. The van der Waals surface area contributed by atoms with Crippen molar-refractivity contribution in [3.8, 4) is 5.75 Å². The molecule has 3 aromatic rings. The van der Waals surface area contributed by atoms with E-state index in [0.29, 0.717) is 18.1 Å². The van der Waals surface area contributed by atoms with Crippen molar-refractivity contribution in [3.05, 3.63) is 66.4 Å². The van der Waals surface area contributed by atoms with E-state index in [1.54, 1.807) is 29.2 Å². The van der Waals surface area contributed by atoms with Crippen LogP contribution in [0.5, 0.6) is 5.75 Å². The summed E-state index contributed by atoms with van der Waals surface area (Å²) in [5.74, 6) is 0.499. The van der Waals surface area contributed by atoms with Gasteiger partial charge in [0.2, 0.25) is 15.8 Å². The number of carbonyl (C=O) groups excluding carboxylic acids is 1. The Bertz CT molecular complexity index is 994. The number of rotatable bonds is 8. The minimum Gasteiger partial charge on any atom is -0.490 e. The normalized spacial score (nSPS) is 11.3. The zero-order chi connectivity index (χ0) is 19.3. The third-order valence-corrected chi connectivity index (χ3v) is 4.41. The summed E-state index contributed by atoms with van der Waals surface area (Å²) in [4.78, 5) is 11.9. The van der Waals surface area contributed by atoms with Crippen LogP contribution < -0.4 is 9.88 Å². The van der Waals surface area contributed by atoms with Crippen LogP contribution in [0.25, 0.3) is 0 Å². The molecule has 142 valence electrons. The minimum absolute atomic E-state index is 0.00492. The lowest BCUT2D eigenvalue weighted by Gasteiger charge is -2.07. The maximum Gasteiger partial charge on any atom is 0.374 e. The molecule has 0 bridgehead atoms. The quantitative estimate of drug-likeness (QED) is 0.454. The number of primary sulfonamides is 1. The molecular weight excluding hydrogens is 374 g/mol. The van der Waals surface area contributed by atoms with Crippen LogP contribution in [0.4, 0.5) is 0 Å². The lowest BCUT2D eigenvalue weighted by molar-refractivity contribution is 0.0413. The van der Waals surface area contributed by atoms with Crippen molar-refractivity contribution in [2.45, 2.75) is 11.4 Å². The highest BCUT2D eigenvalue weighted by atomic mass is 32.2. The Labute approximate surface area is 155 Å². The van der Waals surface area contributed by atoms with Gasteiger partial charge in [0.25, 0.3) is 0 Å². The van der Waals surface area contributed by atoms with Gasteiger partial charge in [-0.3, -0.25) is 4.68 Å². The molecule has 0 radical (unpaired) electrons. The smallest absolute Gasteiger partial charge is 0.374 e. The van der Waals surface area contributed by atoms with Gasteiger partial charge in [-0.1, -0.05) is 0 Å². The van der Waals surface area contributed by atoms with Gasteiger partial charge >= 0.3 is 5.97 Å². The van der Waals surface area contributed by atoms with E-state index in [4.69, 9.17) is 19.0 Å². The van der Waals surface area contributed by atoms with Crippen LogP contribution in [0.2, 0.25) is 0 Å². The number of sulfonamides is 1. The fourth-order valence-corrected chi connectivity index (χ4v) is 2.73. The summed E-state index contributed by atoms with van der Waals surface area (Å²) in [5, 5.41) is 9.07. The summed E-state index contributed by atoms with van der Waals surface area (Å²) in [7, 11) is -3.74. The molecule has 2 N–H and O–H groups in total. The van der Waals surface area contributed by atoms with Gasteiger partial charge in [0.05, 0.1) is 11.4 Å². The van der Waals surface area contributed by atoms with Gasteiger partial charge < -0.3 is 13.9 Å². The number of nitrogens with two attached hydrogens (primary N) is 1. The number of nitrogens with zero attached hydrogens (tertiary/aromatic N) is 2. The molecule has 3 rings (SSSR count). The van der Waals surface area contributed by atoms with Crippen LogP contribution in [-0.4, -0.2) is 37.4 Å².